The zero-order valence-electron chi connectivity index (χ0n) is 16.0. The fourth-order valence-corrected chi connectivity index (χ4v) is 4.14. The van der Waals surface area contributed by atoms with Gasteiger partial charge >= 0.3 is 11.9 Å². The van der Waals surface area contributed by atoms with E-state index < -0.39 is 17.4 Å². The summed E-state index contributed by atoms with van der Waals surface area (Å²) in [6.07, 6.45) is 1.46. The van der Waals surface area contributed by atoms with Gasteiger partial charge in [-0.05, 0) is 47.7 Å². The van der Waals surface area contributed by atoms with Gasteiger partial charge in [0.15, 0.2) is 17.0 Å². The molecule has 2 aliphatic rings. The molecule has 0 unspecified atom stereocenters. The van der Waals surface area contributed by atoms with E-state index in [1.54, 1.807) is 36.4 Å². The molecule has 4 rings (SSSR count). The van der Waals surface area contributed by atoms with E-state index in [0.29, 0.717) is 22.3 Å². The molecule has 146 valence electrons. The molecule has 0 saturated heterocycles. The molecule has 0 aliphatic heterocycles. The topological polar surface area (TPSA) is 86.7 Å². The summed E-state index contributed by atoms with van der Waals surface area (Å²) < 4.78 is 9.70. The largest absolute Gasteiger partial charge is 0.468 e. The maximum atomic E-state index is 13.1. The zero-order valence-corrected chi connectivity index (χ0v) is 16.0. The number of fused-ring (bicyclic) bond motifs is 2. The van der Waals surface area contributed by atoms with E-state index in [9.17, 15) is 19.2 Å². The van der Waals surface area contributed by atoms with Gasteiger partial charge in [0.05, 0.1) is 14.2 Å². The Labute approximate surface area is 167 Å². The smallest absolute Gasteiger partial charge is 0.323 e. The number of ketones is 2. The first-order valence-corrected chi connectivity index (χ1v) is 9.10. The van der Waals surface area contributed by atoms with Crippen molar-refractivity contribution in [1.82, 2.24) is 0 Å². The molecule has 29 heavy (non-hydrogen) atoms. The second-order valence-electron chi connectivity index (χ2n) is 7.20. The van der Waals surface area contributed by atoms with Crippen molar-refractivity contribution >= 4 is 29.1 Å². The van der Waals surface area contributed by atoms with E-state index in [2.05, 4.69) is 0 Å². The summed E-state index contributed by atoms with van der Waals surface area (Å²) in [7, 11) is 2.42. The fraction of sp³-hybridized carbons (Fsp3) is 0.217. The van der Waals surface area contributed by atoms with Gasteiger partial charge in [-0.2, -0.15) is 0 Å². The number of carbonyl (C=O) groups is 4. The lowest BCUT2D eigenvalue weighted by molar-refractivity contribution is -0.168. The van der Waals surface area contributed by atoms with Crippen LogP contribution < -0.4 is 0 Å². The van der Waals surface area contributed by atoms with Crippen LogP contribution in [0.4, 0.5) is 0 Å². The fourth-order valence-electron chi connectivity index (χ4n) is 4.14. The molecular weight excluding hydrogens is 372 g/mol. The Morgan fingerprint density at radius 1 is 0.862 bits per heavy atom. The van der Waals surface area contributed by atoms with Crippen molar-refractivity contribution in [1.29, 1.82) is 0 Å². The van der Waals surface area contributed by atoms with E-state index in [1.165, 1.54) is 20.3 Å². The molecule has 0 aromatic heterocycles. The van der Waals surface area contributed by atoms with Crippen LogP contribution in [0.3, 0.4) is 0 Å². The molecule has 2 aromatic carbocycles. The Morgan fingerprint density at radius 3 is 1.97 bits per heavy atom. The lowest BCUT2D eigenvalue weighted by atomic mass is 9.84. The van der Waals surface area contributed by atoms with Crippen molar-refractivity contribution in [3.05, 3.63) is 76.4 Å². The molecule has 0 fully saturated rings. The maximum Gasteiger partial charge on any atom is 0.323 e. The minimum Gasteiger partial charge on any atom is -0.468 e. The van der Waals surface area contributed by atoms with Gasteiger partial charge in [0, 0.05) is 16.7 Å². The van der Waals surface area contributed by atoms with Gasteiger partial charge in [-0.15, -0.1) is 0 Å². The highest BCUT2D eigenvalue weighted by Gasteiger charge is 2.53. The summed E-state index contributed by atoms with van der Waals surface area (Å²) in [6, 6.07) is 12.2. The van der Waals surface area contributed by atoms with E-state index in [0.717, 1.165) is 0 Å². The van der Waals surface area contributed by atoms with Gasteiger partial charge in [0.25, 0.3) is 0 Å². The number of esters is 2. The van der Waals surface area contributed by atoms with Crippen LogP contribution in [0.1, 0.15) is 37.4 Å². The summed E-state index contributed by atoms with van der Waals surface area (Å²) in [4.78, 5) is 50.7. The average Bonchev–Trinajstić information content (AvgIpc) is 3.14. The first kappa shape index (κ1) is 18.8. The molecule has 0 spiro atoms. The van der Waals surface area contributed by atoms with Crippen LogP contribution in [-0.4, -0.2) is 37.7 Å². The van der Waals surface area contributed by atoms with E-state index in [4.69, 9.17) is 9.47 Å². The molecule has 0 N–H and O–H groups in total. The third kappa shape index (κ3) is 2.79. The summed E-state index contributed by atoms with van der Waals surface area (Å²) in [5, 5.41) is 0. The maximum absolute atomic E-state index is 13.1. The van der Waals surface area contributed by atoms with Crippen molar-refractivity contribution in [3.8, 4) is 0 Å². The summed E-state index contributed by atoms with van der Waals surface area (Å²) in [5.41, 5.74) is 1.37. The molecule has 2 aliphatic carbocycles. The zero-order chi connectivity index (χ0) is 20.8. The van der Waals surface area contributed by atoms with Crippen molar-refractivity contribution < 1.29 is 28.7 Å². The van der Waals surface area contributed by atoms with E-state index in [-0.39, 0.29) is 35.5 Å². The van der Waals surface area contributed by atoms with Crippen LogP contribution in [-0.2, 0) is 31.9 Å². The number of carbonyl (C=O) groups excluding carboxylic acids is 4. The summed E-state index contributed by atoms with van der Waals surface area (Å²) >= 11 is 0. The Hall–Kier alpha value is -3.54. The first-order chi connectivity index (χ1) is 13.9. The molecule has 0 heterocycles. The number of rotatable bonds is 3. The number of hydrogen-bond donors (Lipinski definition) is 0. The second kappa shape index (κ2) is 6.81. The van der Waals surface area contributed by atoms with Gasteiger partial charge in [-0.25, -0.2) is 0 Å². The van der Waals surface area contributed by atoms with Gasteiger partial charge in [-0.3, -0.25) is 19.2 Å². The monoisotopic (exact) mass is 390 g/mol. The van der Waals surface area contributed by atoms with Crippen LogP contribution in [0.5, 0.6) is 0 Å². The highest BCUT2D eigenvalue weighted by atomic mass is 16.5. The average molecular weight is 390 g/mol. The standard InChI is InChI=1S/C23H18O6/c1-28-21(26)23(22(27)29-2)11-14-8-17-18(9-15(14)12-23)20(25)16(10-19(17)24)13-6-4-3-5-7-13/h3-10H,11-12H2,1-2H3. The molecular formula is C23H18O6. The third-order valence-electron chi connectivity index (χ3n) is 5.59. The molecule has 0 bridgehead atoms. The van der Waals surface area contributed by atoms with Crippen LogP contribution >= 0.6 is 0 Å². The Balaban J connectivity index is 1.79. The SMILES string of the molecule is COC(=O)C1(C(=O)OC)Cc2cc3c(cc2C1)C(=O)C(c1ccccc1)=CC3=O. The van der Waals surface area contributed by atoms with Crippen LogP contribution in [0.15, 0.2) is 48.5 Å². The van der Waals surface area contributed by atoms with Gasteiger partial charge in [0.2, 0.25) is 0 Å². The predicted octanol–water partition coefficient (Wildman–Crippen LogP) is 2.58. The van der Waals surface area contributed by atoms with Gasteiger partial charge < -0.3 is 9.47 Å². The van der Waals surface area contributed by atoms with Crippen LogP contribution in [0, 0.1) is 5.41 Å². The molecule has 0 atom stereocenters. The van der Waals surface area contributed by atoms with Crippen LogP contribution in [0.2, 0.25) is 0 Å². The highest BCUT2D eigenvalue weighted by Crippen LogP contribution is 2.42. The second-order valence-corrected chi connectivity index (χ2v) is 7.20. The summed E-state index contributed by atoms with van der Waals surface area (Å²) in [6.45, 7) is 0. The van der Waals surface area contributed by atoms with Crippen molar-refractivity contribution in [3.63, 3.8) is 0 Å². The first-order valence-electron chi connectivity index (χ1n) is 9.10. The third-order valence-corrected chi connectivity index (χ3v) is 5.59. The summed E-state index contributed by atoms with van der Waals surface area (Å²) in [5.74, 6) is -1.93. The normalized spacial score (nSPS) is 16.6. The molecule has 6 heteroatoms. The van der Waals surface area contributed by atoms with Gasteiger partial charge in [0.1, 0.15) is 0 Å². The predicted molar refractivity (Wildman–Crippen MR) is 103 cm³/mol. The molecule has 0 radical (unpaired) electrons. The van der Waals surface area contributed by atoms with Gasteiger partial charge in [-0.1, -0.05) is 30.3 Å². The molecule has 2 aromatic rings. The Kier molecular flexibility index (Phi) is 4.42. The lowest BCUT2D eigenvalue weighted by Gasteiger charge is -2.22. The van der Waals surface area contributed by atoms with E-state index in [1.807, 2.05) is 6.07 Å². The minimum absolute atomic E-state index is 0.0564. The van der Waals surface area contributed by atoms with E-state index >= 15 is 0 Å². The molecule has 0 amide bonds. The van der Waals surface area contributed by atoms with Crippen molar-refractivity contribution in [2.75, 3.05) is 14.2 Å². The number of allylic oxidation sites excluding steroid dienone is 2. The number of methoxy groups -OCH3 is 2. The van der Waals surface area contributed by atoms with Crippen LogP contribution in [0.25, 0.3) is 5.57 Å². The van der Waals surface area contributed by atoms with Crippen molar-refractivity contribution in [2.45, 2.75) is 12.8 Å². The highest BCUT2D eigenvalue weighted by molar-refractivity contribution is 6.38. The Morgan fingerprint density at radius 2 is 1.41 bits per heavy atom. The minimum atomic E-state index is -1.50. The molecule has 6 nitrogen and oxygen atoms in total. The lowest BCUT2D eigenvalue weighted by Crippen LogP contribution is -2.42. The number of ether oxygens (including phenoxy) is 2. The Bertz CT molecular complexity index is 1080. The quantitative estimate of drug-likeness (QED) is 0.591. The molecule has 0 saturated carbocycles. The number of benzene rings is 2. The number of hydrogen-bond acceptors (Lipinski definition) is 6. The van der Waals surface area contributed by atoms with Crippen molar-refractivity contribution in [2.24, 2.45) is 5.41 Å². The number of Topliss-reactive ketones (excluding diaryl/α,β-unsaturated/α-hetero) is 1.